The highest BCUT2D eigenvalue weighted by Crippen LogP contribution is 2.30. The number of nitriles is 1. The molecule has 56 valence electrons. The summed E-state index contributed by atoms with van der Waals surface area (Å²) < 4.78 is 0. The van der Waals surface area contributed by atoms with Crippen LogP contribution in [0, 0.1) is 17.2 Å². The number of aliphatic hydroxyl groups is 1. The van der Waals surface area contributed by atoms with Crippen molar-refractivity contribution in [3.8, 4) is 6.07 Å². The van der Waals surface area contributed by atoms with E-state index < -0.39 is 5.60 Å². The predicted octanol–water partition coefficient (Wildman–Crippen LogP) is 1.45. The molecule has 1 rings (SSSR count). The molecule has 0 spiro atoms. The zero-order valence-electron chi connectivity index (χ0n) is 6.30. The summed E-state index contributed by atoms with van der Waals surface area (Å²) in [5.74, 6) is 0.195. The third-order valence-corrected chi connectivity index (χ3v) is 2.25. The van der Waals surface area contributed by atoms with Gasteiger partial charge in [0.1, 0.15) is 0 Å². The van der Waals surface area contributed by atoms with Gasteiger partial charge in [-0.15, -0.1) is 0 Å². The smallest absolute Gasteiger partial charge is 0.0655 e. The monoisotopic (exact) mass is 139 g/mol. The largest absolute Gasteiger partial charge is 0.390 e. The van der Waals surface area contributed by atoms with Crippen molar-refractivity contribution in [2.45, 2.75) is 38.2 Å². The van der Waals surface area contributed by atoms with E-state index in [4.69, 9.17) is 5.26 Å². The summed E-state index contributed by atoms with van der Waals surface area (Å²) in [6, 6.07) is 2.23. The number of rotatable bonds is 0. The van der Waals surface area contributed by atoms with Crippen LogP contribution >= 0.6 is 0 Å². The van der Waals surface area contributed by atoms with E-state index in [2.05, 4.69) is 6.07 Å². The topological polar surface area (TPSA) is 44.0 Å². The Morgan fingerprint density at radius 3 is 2.40 bits per heavy atom. The molecule has 0 aromatic heterocycles. The molecule has 1 aliphatic carbocycles. The van der Waals surface area contributed by atoms with Gasteiger partial charge in [0.15, 0.2) is 0 Å². The number of hydrogen-bond acceptors (Lipinski definition) is 2. The first-order chi connectivity index (χ1) is 4.64. The Morgan fingerprint density at radius 1 is 1.50 bits per heavy atom. The molecule has 0 heterocycles. The van der Waals surface area contributed by atoms with Gasteiger partial charge in [-0.05, 0) is 32.6 Å². The molecule has 0 aromatic rings. The molecule has 1 fully saturated rings. The maximum absolute atomic E-state index is 9.48. The first-order valence-electron chi connectivity index (χ1n) is 3.76. The molecule has 10 heavy (non-hydrogen) atoms. The Morgan fingerprint density at radius 2 is 2.00 bits per heavy atom. The molecule has 0 saturated heterocycles. The van der Waals surface area contributed by atoms with E-state index in [1.165, 1.54) is 0 Å². The van der Waals surface area contributed by atoms with Gasteiger partial charge in [0, 0.05) is 5.92 Å². The lowest BCUT2D eigenvalue weighted by Gasteiger charge is -2.29. The summed E-state index contributed by atoms with van der Waals surface area (Å²) in [5.41, 5.74) is -0.493. The van der Waals surface area contributed by atoms with Crippen molar-refractivity contribution < 1.29 is 5.11 Å². The van der Waals surface area contributed by atoms with Gasteiger partial charge in [-0.3, -0.25) is 0 Å². The lowest BCUT2D eigenvalue weighted by molar-refractivity contribution is 0.0146. The highest BCUT2D eigenvalue weighted by atomic mass is 16.3. The molecule has 0 aliphatic heterocycles. The fraction of sp³-hybridized carbons (Fsp3) is 0.875. The molecule has 0 bridgehead atoms. The summed E-state index contributed by atoms with van der Waals surface area (Å²) in [4.78, 5) is 0. The number of nitrogens with zero attached hydrogens (tertiary/aromatic N) is 1. The van der Waals surface area contributed by atoms with E-state index in [1.807, 2.05) is 6.92 Å². The molecule has 0 unspecified atom stereocenters. The van der Waals surface area contributed by atoms with Crippen LogP contribution in [0.5, 0.6) is 0 Å². The van der Waals surface area contributed by atoms with Crippen molar-refractivity contribution in [2.24, 2.45) is 5.92 Å². The third kappa shape index (κ3) is 1.71. The van der Waals surface area contributed by atoms with Gasteiger partial charge < -0.3 is 5.11 Å². The molecule has 0 aromatic carbocycles. The van der Waals surface area contributed by atoms with Crippen molar-refractivity contribution in [3.63, 3.8) is 0 Å². The SMILES string of the molecule is C[C@]1(O)CC[C@@H](C#N)CC1. The lowest BCUT2D eigenvalue weighted by atomic mass is 9.81. The van der Waals surface area contributed by atoms with Gasteiger partial charge in [0.2, 0.25) is 0 Å². The van der Waals surface area contributed by atoms with Gasteiger partial charge in [-0.2, -0.15) is 5.26 Å². The molecule has 1 aliphatic rings. The standard InChI is InChI=1S/C8H13NO/c1-8(10)4-2-7(6-9)3-5-8/h7,10H,2-5H2,1H3/t7-,8+. The fourth-order valence-electron chi connectivity index (χ4n) is 1.37. The van der Waals surface area contributed by atoms with Crippen molar-refractivity contribution in [3.05, 3.63) is 0 Å². The second-order valence-corrected chi connectivity index (χ2v) is 3.40. The zero-order valence-corrected chi connectivity index (χ0v) is 6.30. The van der Waals surface area contributed by atoms with Gasteiger partial charge in [0.25, 0.3) is 0 Å². The quantitative estimate of drug-likeness (QED) is 0.552. The Hall–Kier alpha value is -0.550. The maximum atomic E-state index is 9.48. The highest BCUT2D eigenvalue weighted by Gasteiger charge is 2.28. The molecule has 2 heteroatoms. The Labute approximate surface area is 61.5 Å². The van der Waals surface area contributed by atoms with Crippen LogP contribution in [-0.4, -0.2) is 10.7 Å². The minimum absolute atomic E-state index is 0.195. The highest BCUT2D eigenvalue weighted by molar-refractivity contribution is 4.91. The van der Waals surface area contributed by atoms with Crippen LogP contribution in [0.25, 0.3) is 0 Å². The van der Waals surface area contributed by atoms with E-state index in [0.717, 1.165) is 25.7 Å². The van der Waals surface area contributed by atoms with E-state index in [-0.39, 0.29) is 5.92 Å². The van der Waals surface area contributed by atoms with Gasteiger partial charge in [-0.25, -0.2) is 0 Å². The average Bonchev–Trinajstić information content (AvgIpc) is 1.88. The molecule has 0 atom stereocenters. The van der Waals surface area contributed by atoms with Crippen LogP contribution in [0.4, 0.5) is 0 Å². The molecule has 2 nitrogen and oxygen atoms in total. The Kier molecular flexibility index (Phi) is 1.96. The number of hydrogen-bond donors (Lipinski definition) is 1. The summed E-state index contributed by atoms with van der Waals surface area (Å²) in [6.07, 6.45) is 3.30. The predicted molar refractivity (Wildman–Crippen MR) is 38.2 cm³/mol. The summed E-state index contributed by atoms with van der Waals surface area (Å²) in [7, 11) is 0. The Bertz CT molecular complexity index is 147. The van der Waals surface area contributed by atoms with E-state index in [0.29, 0.717) is 0 Å². The average molecular weight is 139 g/mol. The summed E-state index contributed by atoms with van der Waals surface area (Å²) >= 11 is 0. The van der Waals surface area contributed by atoms with Crippen LogP contribution in [0.15, 0.2) is 0 Å². The molecule has 0 amide bonds. The molecule has 1 saturated carbocycles. The first-order valence-corrected chi connectivity index (χ1v) is 3.76. The van der Waals surface area contributed by atoms with Gasteiger partial charge >= 0.3 is 0 Å². The summed E-state index contributed by atoms with van der Waals surface area (Å²) in [6.45, 7) is 1.85. The minimum atomic E-state index is -0.493. The third-order valence-electron chi connectivity index (χ3n) is 2.25. The van der Waals surface area contributed by atoms with Gasteiger partial charge in [0.05, 0.1) is 11.7 Å². The first kappa shape index (κ1) is 7.56. The van der Waals surface area contributed by atoms with Crippen molar-refractivity contribution >= 4 is 0 Å². The minimum Gasteiger partial charge on any atom is -0.390 e. The fourth-order valence-corrected chi connectivity index (χ4v) is 1.37. The molecular weight excluding hydrogens is 126 g/mol. The maximum Gasteiger partial charge on any atom is 0.0655 e. The second-order valence-electron chi connectivity index (χ2n) is 3.40. The van der Waals surface area contributed by atoms with E-state index in [1.54, 1.807) is 0 Å². The molecular formula is C8H13NO. The Balaban J connectivity index is 2.40. The van der Waals surface area contributed by atoms with Crippen LogP contribution in [0.1, 0.15) is 32.6 Å². The molecule has 0 radical (unpaired) electrons. The van der Waals surface area contributed by atoms with E-state index in [9.17, 15) is 5.11 Å². The van der Waals surface area contributed by atoms with Gasteiger partial charge in [-0.1, -0.05) is 0 Å². The lowest BCUT2D eigenvalue weighted by Crippen LogP contribution is -2.29. The normalized spacial score (nSPS) is 40.7. The van der Waals surface area contributed by atoms with E-state index >= 15 is 0 Å². The molecule has 1 N–H and O–H groups in total. The van der Waals surface area contributed by atoms with Crippen molar-refractivity contribution in [1.29, 1.82) is 5.26 Å². The van der Waals surface area contributed by atoms with Crippen LogP contribution in [-0.2, 0) is 0 Å². The van der Waals surface area contributed by atoms with Crippen molar-refractivity contribution in [1.82, 2.24) is 0 Å². The van der Waals surface area contributed by atoms with Crippen molar-refractivity contribution in [2.75, 3.05) is 0 Å². The van der Waals surface area contributed by atoms with Crippen LogP contribution in [0.2, 0.25) is 0 Å². The van der Waals surface area contributed by atoms with Crippen LogP contribution in [0.3, 0.4) is 0 Å². The van der Waals surface area contributed by atoms with Crippen LogP contribution < -0.4 is 0 Å². The summed E-state index contributed by atoms with van der Waals surface area (Å²) in [5, 5.41) is 18.0. The zero-order chi connectivity index (χ0) is 7.61. The second kappa shape index (κ2) is 2.59.